The molecule has 0 aromatic heterocycles. The van der Waals surface area contributed by atoms with Gasteiger partial charge in [-0.25, -0.2) is 4.90 Å². The Morgan fingerprint density at radius 1 is 0.793 bits per heavy atom. The molecule has 0 spiro atoms. The number of hydrogen-bond acceptors (Lipinski definition) is 3. The summed E-state index contributed by atoms with van der Waals surface area (Å²) in [5, 5.41) is 3.19. The molecule has 0 unspecified atom stereocenters. The zero-order valence-corrected chi connectivity index (χ0v) is 16.5. The summed E-state index contributed by atoms with van der Waals surface area (Å²) in [4.78, 5) is 27.9. The van der Waals surface area contributed by atoms with Crippen LogP contribution in [-0.4, -0.2) is 11.8 Å². The lowest BCUT2D eigenvalue weighted by atomic mass is 10.0. The molecule has 0 saturated heterocycles. The second-order valence-electron chi connectivity index (χ2n) is 7.07. The van der Waals surface area contributed by atoms with Crippen LogP contribution in [-0.2, 0) is 16.0 Å². The minimum atomic E-state index is -0.348. The van der Waals surface area contributed by atoms with Gasteiger partial charge in [0.1, 0.15) is 5.70 Å². The van der Waals surface area contributed by atoms with Crippen LogP contribution in [0.15, 0.2) is 84.6 Å². The smallest absolute Gasteiger partial charge is 0.282 e. The zero-order chi connectivity index (χ0) is 20.4. The van der Waals surface area contributed by atoms with Gasteiger partial charge in [-0.1, -0.05) is 67.1 Å². The van der Waals surface area contributed by atoms with Crippen LogP contribution in [0, 0.1) is 6.92 Å². The third-order valence-electron chi connectivity index (χ3n) is 5.07. The van der Waals surface area contributed by atoms with Gasteiger partial charge in [-0.15, -0.1) is 0 Å². The number of imide groups is 1. The van der Waals surface area contributed by atoms with E-state index < -0.39 is 0 Å². The molecule has 0 saturated carbocycles. The van der Waals surface area contributed by atoms with Crippen molar-refractivity contribution in [1.82, 2.24) is 0 Å². The van der Waals surface area contributed by atoms with Gasteiger partial charge in [0.2, 0.25) is 0 Å². The lowest BCUT2D eigenvalue weighted by Crippen LogP contribution is -2.32. The van der Waals surface area contributed by atoms with E-state index in [2.05, 4.69) is 12.2 Å². The van der Waals surface area contributed by atoms with E-state index in [1.54, 1.807) is 0 Å². The van der Waals surface area contributed by atoms with Gasteiger partial charge in [-0.05, 0) is 48.7 Å². The molecule has 3 aromatic rings. The van der Waals surface area contributed by atoms with Crippen molar-refractivity contribution < 1.29 is 9.59 Å². The van der Waals surface area contributed by atoms with Crippen LogP contribution in [0.5, 0.6) is 0 Å². The highest BCUT2D eigenvalue weighted by atomic mass is 16.2. The van der Waals surface area contributed by atoms with Crippen LogP contribution in [0.3, 0.4) is 0 Å². The Kier molecular flexibility index (Phi) is 5.00. The van der Waals surface area contributed by atoms with Gasteiger partial charge in [0.05, 0.1) is 11.3 Å². The lowest BCUT2D eigenvalue weighted by molar-refractivity contribution is -0.120. The average Bonchev–Trinajstić information content (AvgIpc) is 3.00. The first-order valence-corrected chi connectivity index (χ1v) is 9.69. The number of benzene rings is 3. The summed E-state index contributed by atoms with van der Waals surface area (Å²) in [6.07, 6.45) is 0.899. The van der Waals surface area contributed by atoms with E-state index in [1.807, 2.05) is 85.8 Å². The average molecular weight is 382 g/mol. The van der Waals surface area contributed by atoms with E-state index in [-0.39, 0.29) is 11.8 Å². The van der Waals surface area contributed by atoms with Gasteiger partial charge in [0.25, 0.3) is 11.8 Å². The van der Waals surface area contributed by atoms with E-state index in [4.69, 9.17) is 0 Å². The topological polar surface area (TPSA) is 49.4 Å². The molecule has 0 bridgehead atoms. The Bertz CT molecular complexity index is 1080. The normalized spacial score (nSPS) is 13.9. The van der Waals surface area contributed by atoms with Crippen molar-refractivity contribution in [3.05, 3.63) is 101 Å². The second kappa shape index (κ2) is 7.76. The largest absolute Gasteiger partial charge is 0.350 e. The predicted molar refractivity (Wildman–Crippen MR) is 116 cm³/mol. The molecule has 1 heterocycles. The first-order valence-electron chi connectivity index (χ1n) is 9.69. The number of rotatable bonds is 5. The van der Waals surface area contributed by atoms with E-state index in [1.165, 1.54) is 4.90 Å². The van der Waals surface area contributed by atoms with E-state index >= 15 is 0 Å². The molecule has 144 valence electrons. The first kappa shape index (κ1) is 18.7. The molecule has 0 radical (unpaired) electrons. The van der Waals surface area contributed by atoms with Gasteiger partial charge in [-0.2, -0.15) is 0 Å². The Hall–Kier alpha value is -3.66. The molecule has 2 amide bonds. The fraction of sp³-hybridized carbons (Fsp3) is 0.120. The van der Waals surface area contributed by atoms with Gasteiger partial charge >= 0.3 is 0 Å². The summed E-state index contributed by atoms with van der Waals surface area (Å²) >= 11 is 0. The summed E-state index contributed by atoms with van der Waals surface area (Å²) in [6.45, 7) is 4.07. The maximum Gasteiger partial charge on any atom is 0.282 e. The van der Waals surface area contributed by atoms with Crippen LogP contribution in [0.2, 0.25) is 0 Å². The standard InChI is InChI=1S/C25H22N2O2/c1-3-18-11-15-21(16-12-18)27-24(28)22(19-7-5-4-6-8-19)23(25(27)29)26-20-13-9-17(2)10-14-20/h4-16,26H,3H2,1-2H3. The van der Waals surface area contributed by atoms with Crippen LogP contribution in [0.1, 0.15) is 23.6 Å². The Morgan fingerprint density at radius 2 is 1.45 bits per heavy atom. The lowest BCUT2D eigenvalue weighted by Gasteiger charge is -2.16. The number of carbonyl (C=O) groups excluding carboxylic acids is 2. The Labute approximate surface area is 170 Å². The molecule has 0 aliphatic carbocycles. The van der Waals surface area contributed by atoms with Crippen LogP contribution < -0.4 is 10.2 Å². The summed E-state index contributed by atoms with van der Waals surface area (Å²) < 4.78 is 0. The third-order valence-corrected chi connectivity index (χ3v) is 5.07. The molecule has 0 fully saturated rings. The SMILES string of the molecule is CCc1ccc(N2C(=O)C(Nc3ccc(C)cc3)=C(c3ccccc3)C2=O)cc1. The van der Waals surface area contributed by atoms with Gasteiger partial charge in [0, 0.05) is 5.69 Å². The molecule has 1 N–H and O–H groups in total. The summed E-state index contributed by atoms with van der Waals surface area (Å²) in [5.74, 6) is -0.668. The molecular formula is C25H22N2O2. The van der Waals surface area contributed by atoms with Gasteiger partial charge in [-0.3, -0.25) is 9.59 Å². The van der Waals surface area contributed by atoms with Crippen molar-refractivity contribution in [3.8, 4) is 0 Å². The summed E-state index contributed by atoms with van der Waals surface area (Å²) in [5.41, 5.74) is 5.02. The maximum absolute atomic E-state index is 13.3. The number of anilines is 2. The van der Waals surface area contributed by atoms with Crippen LogP contribution >= 0.6 is 0 Å². The predicted octanol–water partition coefficient (Wildman–Crippen LogP) is 4.95. The Balaban J connectivity index is 1.78. The summed E-state index contributed by atoms with van der Waals surface area (Å²) in [7, 11) is 0. The van der Waals surface area contributed by atoms with Crippen molar-refractivity contribution in [2.45, 2.75) is 20.3 Å². The molecule has 0 atom stereocenters. The fourth-order valence-electron chi connectivity index (χ4n) is 3.41. The van der Waals surface area contributed by atoms with Gasteiger partial charge < -0.3 is 5.32 Å². The second-order valence-corrected chi connectivity index (χ2v) is 7.07. The maximum atomic E-state index is 13.3. The van der Waals surface area contributed by atoms with Crippen LogP contribution in [0.25, 0.3) is 5.57 Å². The molecular weight excluding hydrogens is 360 g/mol. The molecule has 1 aliphatic heterocycles. The van der Waals surface area contributed by atoms with Crippen molar-refractivity contribution in [3.63, 3.8) is 0 Å². The van der Waals surface area contributed by atoms with Crippen molar-refractivity contribution in [2.75, 3.05) is 10.2 Å². The zero-order valence-electron chi connectivity index (χ0n) is 16.5. The molecule has 3 aromatic carbocycles. The molecule has 1 aliphatic rings. The summed E-state index contributed by atoms with van der Waals surface area (Å²) in [6, 6.07) is 24.6. The minimum absolute atomic E-state index is 0.296. The number of amides is 2. The van der Waals surface area contributed by atoms with Crippen molar-refractivity contribution in [1.29, 1.82) is 0 Å². The first-order chi connectivity index (χ1) is 14.1. The quantitative estimate of drug-likeness (QED) is 0.635. The monoisotopic (exact) mass is 382 g/mol. The minimum Gasteiger partial charge on any atom is -0.350 e. The highest BCUT2D eigenvalue weighted by molar-refractivity contribution is 6.46. The van der Waals surface area contributed by atoms with E-state index in [9.17, 15) is 9.59 Å². The number of nitrogens with one attached hydrogen (secondary N) is 1. The van der Waals surface area contributed by atoms with Crippen LogP contribution in [0.4, 0.5) is 11.4 Å². The Morgan fingerprint density at radius 3 is 2.07 bits per heavy atom. The third kappa shape index (κ3) is 3.57. The number of hydrogen-bond donors (Lipinski definition) is 1. The highest BCUT2D eigenvalue weighted by Crippen LogP contribution is 2.33. The number of carbonyl (C=O) groups is 2. The van der Waals surface area contributed by atoms with Gasteiger partial charge in [0.15, 0.2) is 0 Å². The molecule has 4 rings (SSSR count). The number of nitrogens with zero attached hydrogens (tertiary/aromatic N) is 1. The fourth-order valence-corrected chi connectivity index (χ4v) is 3.41. The highest BCUT2D eigenvalue weighted by Gasteiger charge is 2.40. The van der Waals surface area contributed by atoms with Crippen molar-refractivity contribution >= 4 is 28.8 Å². The number of aryl methyl sites for hydroxylation is 2. The molecule has 29 heavy (non-hydrogen) atoms. The molecule has 4 heteroatoms. The molecule has 4 nitrogen and oxygen atoms in total. The van der Waals surface area contributed by atoms with E-state index in [0.29, 0.717) is 22.5 Å². The van der Waals surface area contributed by atoms with Crippen molar-refractivity contribution in [2.24, 2.45) is 0 Å². The van der Waals surface area contributed by atoms with E-state index in [0.717, 1.165) is 23.2 Å².